The summed E-state index contributed by atoms with van der Waals surface area (Å²) in [7, 11) is 1.41. The van der Waals surface area contributed by atoms with Gasteiger partial charge in [0.15, 0.2) is 0 Å². The molecule has 0 aliphatic rings. The van der Waals surface area contributed by atoms with Gasteiger partial charge in [0.05, 0.1) is 18.2 Å². The van der Waals surface area contributed by atoms with Crippen LogP contribution >= 0.6 is 0 Å². The molecule has 5 nitrogen and oxygen atoms in total. The first kappa shape index (κ1) is 16.9. The lowest BCUT2D eigenvalue weighted by Crippen LogP contribution is -2.34. The lowest BCUT2D eigenvalue weighted by Gasteiger charge is -2.26. The van der Waals surface area contributed by atoms with Crippen molar-refractivity contribution in [3.05, 3.63) is 24.0 Å². The van der Waals surface area contributed by atoms with E-state index < -0.39 is 23.1 Å². The van der Waals surface area contributed by atoms with Crippen molar-refractivity contribution < 1.29 is 23.8 Å². The Labute approximate surface area is 123 Å². The number of hydrogen-bond donors (Lipinski definition) is 2. The minimum Gasteiger partial charge on any atom is -0.495 e. The zero-order valence-corrected chi connectivity index (χ0v) is 12.4. The van der Waals surface area contributed by atoms with Crippen molar-refractivity contribution in [3.8, 4) is 5.75 Å². The molecule has 0 spiro atoms. The van der Waals surface area contributed by atoms with Crippen molar-refractivity contribution in [2.24, 2.45) is 5.41 Å². The SMILES string of the molecule is CCC(CC)(CC(=O)Nc1cc(F)ccc1OC)C(=O)O. The monoisotopic (exact) mass is 297 g/mol. The Kier molecular flexibility index (Phi) is 5.69. The first-order chi connectivity index (χ1) is 9.88. The Bertz CT molecular complexity index is 526. The second-order valence-electron chi connectivity index (χ2n) is 4.86. The fourth-order valence-corrected chi connectivity index (χ4v) is 2.16. The van der Waals surface area contributed by atoms with Gasteiger partial charge >= 0.3 is 5.97 Å². The van der Waals surface area contributed by atoms with Crippen LogP contribution in [0.1, 0.15) is 33.1 Å². The lowest BCUT2D eigenvalue weighted by atomic mass is 9.79. The molecule has 2 N–H and O–H groups in total. The molecule has 0 aliphatic carbocycles. The molecule has 0 fully saturated rings. The van der Waals surface area contributed by atoms with Gasteiger partial charge in [0, 0.05) is 12.5 Å². The number of aliphatic carboxylic acids is 1. The van der Waals surface area contributed by atoms with Crippen molar-refractivity contribution in [2.75, 3.05) is 12.4 Å². The largest absolute Gasteiger partial charge is 0.495 e. The van der Waals surface area contributed by atoms with E-state index in [2.05, 4.69) is 5.32 Å². The van der Waals surface area contributed by atoms with E-state index in [1.807, 2.05) is 0 Å². The van der Waals surface area contributed by atoms with Crippen molar-refractivity contribution >= 4 is 17.6 Å². The number of anilines is 1. The van der Waals surface area contributed by atoms with Gasteiger partial charge in [-0.25, -0.2) is 4.39 Å². The van der Waals surface area contributed by atoms with Crippen LogP contribution in [-0.2, 0) is 9.59 Å². The van der Waals surface area contributed by atoms with Gasteiger partial charge in [0.25, 0.3) is 0 Å². The summed E-state index contributed by atoms with van der Waals surface area (Å²) in [5, 5.41) is 11.8. The predicted octanol–water partition coefficient (Wildman–Crippen LogP) is 3.05. The molecule has 116 valence electrons. The van der Waals surface area contributed by atoms with Gasteiger partial charge in [0.1, 0.15) is 11.6 Å². The number of benzene rings is 1. The molecule has 0 aliphatic heterocycles. The van der Waals surface area contributed by atoms with Gasteiger partial charge in [-0.15, -0.1) is 0 Å². The van der Waals surface area contributed by atoms with Crippen molar-refractivity contribution in [3.63, 3.8) is 0 Å². The summed E-state index contributed by atoms with van der Waals surface area (Å²) in [5.74, 6) is -1.68. The highest BCUT2D eigenvalue weighted by Gasteiger charge is 2.37. The molecule has 0 aromatic heterocycles. The summed E-state index contributed by atoms with van der Waals surface area (Å²) in [6.45, 7) is 3.46. The van der Waals surface area contributed by atoms with Crippen LogP contribution in [0, 0.1) is 11.2 Å². The molecule has 0 atom stereocenters. The second kappa shape index (κ2) is 7.06. The molecule has 21 heavy (non-hydrogen) atoms. The van der Waals surface area contributed by atoms with Gasteiger partial charge in [-0.3, -0.25) is 9.59 Å². The molecular formula is C15H20FNO4. The van der Waals surface area contributed by atoms with E-state index in [0.29, 0.717) is 18.6 Å². The van der Waals surface area contributed by atoms with Gasteiger partial charge in [0.2, 0.25) is 5.91 Å². The standard InChI is InChI=1S/C15H20FNO4/c1-4-15(5-2,14(19)20)9-13(18)17-11-8-10(16)6-7-12(11)21-3/h6-8H,4-5,9H2,1-3H3,(H,17,18)(H,19,20). The topological polar surface area (TPSA) is 75.6 Å². The molecule has 0 saturated carbocycles. The number of ether oxygens (including phenoxy) is 1. The molecule has 0 heterocycles. The molecule has 1 aromatic carbocycles. The van der Waals surface area contributed by atoms with E-state index >= 15 is 0 Å². The van der Waals surface area contributed by atoms with Crippen LogP contribution in [0.5, 0.6) is 5.75 Å². The number of carbonyl (C=O) groups excluding carboxylic acids is 1. The van der Waals surface area contributed by atoms with Crippen LogP contribution in [-0.4, -0.2) is 24.1 Å². The Balaban J connectivity index is 2.91. The molecule has 6 heteroatoms. The minimum atomic E-state index is -1.11. The molecule has 1 aromatic rings. The van der Waals surface area contributed by atoms with Crippen molar-refractivity contribution in [1.29, 1.82) is 0 Å². The maximum Gasteiger partial charge on any atom is 0.310 e. The van der Waals surface area contributed by atoms with E-state index in [1.165, 1.54) is 19.2 Å². The average molecular weight is 297 g/mol. The number of halogens is 1. The Hall–Kier alpha value is -2.11. The maximum atomic E-state index is 13.2. The summed E-state index contributed by atoms with van der Waals surface area (Å²) in [4.78, 5) is 23.5. The van der Waals surface area contributed by atoms with Crippen LogP contribution < -0.4 is 10.1 Å². The first-order valence-corrected chi connectivity index (χ1v) is 6.75. The fourth-order valence-electron chi connectivity index (χ4n) is 2.16. The highest BCUT2D eigenvalue weighted by atomic mass is 19.1. The van der Waals surface area contributed by atoms with E-state index in [4.69, 9.17) is 4.74 Å². The van der Waals surface area contributed by atoms with E-state index in [9.17, 15) is 19.1 Å². The van der Waals surface area contributed by atoms with Crippen LogP contribution in [0.25, 0.3) is 0 Å². The number of hydrogen-bond acceptors (Lipinski definition) is 3. The number of carboxylic acids is 1. The van der Waals surface area contributed by atoms with E-state index in [0.717, 1.165) is 6.07 Å². The predicted molar refractivity (Wildman–Crippen MR) is 76.8 cm³/mol. The van der Waals surface area contributed by atoms with Crippen molar-refractivity contribution in [2.45, 2.75) is 33.1 Å². The highest BCUT2D eigenvalue weighted by molar-refractivity contribution is 5.95. The zero-order chi connectivity index (χ0) is 16.0. The zero-order valence-electron chi connectivity index (χ0n) is 12.4. The van der Waals surface area contributed by atoms with E-state index in [1.54, 1.807) is 13.8 Å². The number of amides is 1. The summed E-state index contributed by atoms with van der Waals surface area (Å²) < 4.78 is 18.3. The fraction of sp³-hybridized carbons (Fsp3) is 0.467. The molecule has 1 rings (SSSR count). The number of carbonyl (C=O) groups is 2. The van der Waals surface area contributed by atoms with Crippen LogP contribution in [0.3, 0.4) is 0 Å². The summed E-state index contributed by atoms with van der Waals surface area (Å²) in [6.07, 6.45) is 0.508. The molecule has 0 bridgehead atoms. The molecule has 0 unspecified atom stereocenters. The van der Waals surface area contributed by atoms with Crippen LogP contribution in [0.4, 0.5) is 10.1 Å². The Morgan fingerprint density at radius 3 is 2.43 bits per heavy atom. The third-order valence-electron chi connectivity index (χ3n) is 3.74. The third-order valence-corrected chi connectivity index (χ3v) is 3.74. The molecule has 1 amide bonds. The van der Waals surface area contributed by atoms with Gasteiger partial charge < -0.3 is 15.2 Å². The smallest absolute Gasteiger partial charge is 0.310 e. The number of carboxylic acid groups (broad SMARTS) is 1. The molecular weight excluding hydrogens is 277 g/mol. The summed E-state index contributed by atoms with van der Waals surface area (Å²) >= 11 is 0. The minimum absolute atomic E-state index is 0.172. The summed E-state index contributed by atoms with van der Waals surface area (Å²) in [6, 6.07) is 3.75. The molecule has 0 saturated heterocycles. The Morgan fingerprint density at radius 1 is 1.33 bits per heavy atom. The van der Waals surface area contributed by atoms with Crippen molar-refractivity contribution in [1.82, 2.24) is 0 Å². The quantitative estimate of drug-likeness (QED) is 0.811. The average Bonchev–Trinajstić information content (AvgIpc) is 2.44. The normalized spacial score (nSPS) is 11.0. The van der Waals surface area contributed by atoms with Gasteiger partial charge in [-0.2, -0.15) is 0 Å². The van der Waals surface area contributed by atoms with Crippen LogP contribution in [0.15, 0.2) is 18.2 Å². The lowest BCUT2D eigenvalue weighted by molar-refractivity contribution is -0.151. The van der Waals surface area contributed by atoms with Gasteiger partial charge in [-0.05, 0) is 25.0 Å². The van der Waals surface area contributed by atoms with E-state index in [-0.39, 0.29) is 12.1 Å². The highest BCUT2D eigenvalue weighted by Crippen LogP contribution is 2.32. The summed E-state index contributed by atoms with van der Waals surface area (Å²) in [5.41, 5.74) is -0.918. The first-order valence-electron chi connectivity index (χ1n) is 6.75. The third kappa shape index (κ3) is 3.93. The number of rotatable bonds is 7. The molecule has 0 radical (unpaired) electrons. The van der Waals surface area contributed by atoms with Crippen LogP contribution in [0.2, 0.25) is 0 Å². The van der Waals surface area contributed by atoms with Gasteiger partial charge in [-0.1, -0.05) is 13.8 Å². The second-order valence-corrected chi connectivity index (χ2v) is 4.86. The number of methoxy groups -OCH3 is 1. The Morgan fingerprint density at radius 2 is 1.95 bits per heavy atom. The number of nitrogens with one attached hydrogen (secondary N) is 1. The maximum absolute atomic E-state index is 13.2.